The van der Waals surface area contributed by atoms with Crippen LogP contribution in [0, 0.1) is 0 Å². The van der Waals surface area contributed by atoms with Gasteiger partial charge in [0.1, 0.15) is 0 Å². The van der Waals surface area contributed by atoms with Gasteiger partial charge in [-0.1, -0.05) is 6.92 Å². The smallest absolute Gasteiger partial charge is 0.186 e. The lowest BCUT2D eigenvalue weighted by Gasteiger charge is -2.20. The van der Waals surface area contributed by atoms with Gasteiger partial charge in [-0.25, -0.2) is 0 Å². The van der Waals surface area contributed by atoms with Crippen LogP contribution in [-0.2, 0) is 0 Å². The van der Waals surface area contributed by atoms with Crippen LogP contribution < -0.4 is 5.73 Å². The highest BCUT2D eigenvalue weighted by molar-refractivity contribution is 6.71. The number of nitrogens with two attached hydrogens (primary N) is 1. The zero-order chi connectivity index (χ0) is 6.78. The minimum absolute atomic E-state index is 0.322. The minimum Gasteiger partial charge on any atom is -0.432 e. The summed E-state index contributed by atoms with van der Waals surface area (Å²) in [5.41, 5.74) is 5.65. The van der Waals surface area contributed by atoms with Crippen molar-refractivity contribution < 1.29 is 4.80 Å². The molecule has 0 saturated heterocycles. The van der Waals surface area contributed by atoms with Crippen LogP contribution >= 0.6 is 0 Å². The molecule has 3 heteroatoms. The average molecular weight is 133 g/mol. The molecule has 0 amide bonds. The van der Waals surface area contributed by atoms with E-state index in [1.807, 2.05) is 20.0 Å². The molecule has 0 saturated carbocycles. The molecule has 50 valence electrons. The highest BCUT2D eigenvalue weighted by Gasteiger charge is 2.23. The molecular formula is C5H15NOSi. The highest BCUT2D eigenvalue weighted by atomic mass is 28.4. The molecule has 2 nitrogen and oxygen atoms in total. The second kappa shape index (κ2) is 2.62. The van der Waals surface area contributed by atoms with Crippen LogP contribution in [0.3, 0.4) is 0 Å². The zero-order valence-corrected chi connectivity index (χ0v) is 6.81. The summed E-state index contributed by atoms with van der Waals surface area (Å²) in [6, 6.07) is 0. The van der Waals surface area contributed by atoms with Gasteiger partial charge in [0.05, 0.1) is 0 Å². The minimum atomic E-state index is -1.89. The van der Waals surface area contributed by atoms with Crippen LogP contribution in [0.25, 0.3) is 0 Å². The molecule has 0 aliphatic carbocycles. The first-order valence-corrected chi connectivity index (χ1v) is 5.93. The van der Waals surface area contributed by atoms with E-state index >= 15 is 0 Å². The average Bonchev–Trinajstić information content (AvgIpc) is 1.62. The van der Waals surface area contributed by atoms with Crippen LogP contribution in [0.1, 0.15) is 6.92 Å². The summed E-state index contributed by atoms with van der Waals surface area (Å²) in [7, 11) is -1.89. The molecule has 0 aromatic heterocycles. The second-order valence-electron chi connectivity index (χ2n) is 2.79. The first-order valence-electron chi connectivity index (χ1n) is 2.91. The quantitative estimate of drug-likeness (QED) is 0.540. The van der Waals surface area contributed by atoms with Crippen molar-refractivity contribution in [3.05, 3.63) is 0 Å². The van der Waals surface area contributed by atoms with Crippen molar-refractivity contribution in [1.29, 1.82) is 0 Å². The fourth-order valence-corrected chi connectivity index (χ4v) is 0.865. The fourth-order valence-electron chi connectivity index (χ4n) is 0.288. The van der Waals surface area contributed by atoms with E-state index in [2.05, 4.69) is 0 Å². The van der Waals surface area contributed by atoms with E-state index in [1.165, 1.54) is 0 Å². The maximum absolute atomic E-state index is 9.35. The Kier molecular flexibility index (Phi) is 2.66. The molecule has 1 unspecified atom stereocenters. The van der Waals surface area contributed by atoms with E-state index in [0.717, 1.165) is 0 Å². The summed E-state index contributed by atoms with van der Waals surface area (Å²) in [4.78, 5) is 9.35. The predicted octanol–water partition coefficient (Wildman–Crippen LogP) is 0.533. The molecular weight excluding hydrogens is 118 g/mol. The van der Waals surface area contributed by atoms with Crippen LogP contribution in [-0.4, -0.2) is 19.7 Å². The normalized spacial score (nSPS) is 16.1. The summed E-state index contributed by atoms with van der Waals surface area (Å²) < 4.78 is 0. The molecule has 3 N–H and O–H groups in total. The number of rotatable bonds is 2. The third kappa shape index (κ3) is 2.45. The fraction of sp³-hybridized carbons (Fsp3) is 1.00. The maximum atomic E-state index is 9.35. The summed E-state index contributed by atoms with van der Waals surface area (Å²) in [6.45, 7) is 6.41. The molecule has 0 fully saturated rings. The number of hydrogen-bond donors (Lipinski definition) is 2. The van der Waals surface area contributed by atoms with E-state index in [-0.39, 0.29) is 0 Å². The van der Waals surface area contributed by atoms with Gasteiger partial charge in [-0.05, 0) is 25.2 Å². The van der Waals surface area contributed by atoms with Gasteiger partial charge in [0.25, 0.3) is 0 Å². The van der Waals surface area contributed by atoms with Gasteiger partial charge in [-0.2, -0.15) is 0 Å². The Labute approximate surface area is 51.8 Å². The third-order valence-corrected chi connectivity index (χ3v) is 4.21. The standard InChI is InChI=1S/C5H15NOSi/c1-5(4-6)8(2,3)7/h5,7H,4,6H2,1-3H3. The van der Waals surface area contributed by atoms with E-state index in [1.54, 1.807) is 0 Å². The van der Waals surface area contributed by atoms with E-state index < -0.39 is 8.32 Å². The van der Waals surface area contributed by atoms with Crippen LogP contribution in [0.4, 0.5) is 0 Å². The lowest BCUT2D eigenvalue weighted by molar-refractivity contribution is 0.527. The first kappa shape index (κ1) is 8.14. The molecule has 0 rings (SSSR count). The van der Waals surface area contributed by atoms with Crippen LogP contribution in [0.15, 0.2) is 0 Å². The van der Waals surface area contributed by atoms with Gasteiger partial charge in [-0.15, -0.1) is 0 Å². The van der Waals surface area contributed by atoms with Gasteiger partial charge in [0.2, 0.25) is 0 Å². The Balaban J connectivity index is 3.62. The Morgan fingerprint density at radius 2 is 2.00 bits per heavy atom. The third-order valence-electron chi connectivity index (χ3n) is 1.56. The Morgan fingerprint density at radius 3 is 2.00 bits per heavy atom. The van der Waals surface area contributed by atoms with E-state index in [9.17, 15) is 4.80 Å². The molecule has 0 radical (unpaired) electrons. The van der Waals surface area contributed by atoms with Crippen molar-refractivity contribution in [2.75, 3.05) is 6.54 Å². The predicted molar refractivity (Wildman–Crippen MR) is 38.2 cm³/mol. The molecule has 0 aliphatic heterocycles. The van der Waals surface area contributed by atoms with Crippen molar-refractivity contribution in [2.45, 2.75) is 25.6 Å². The lowest BCUT2D eigenvalue weighted by atomic mass is 10.5. The topological polar surface area (TPSA) is 46.2 Å². The van der Waals surface area contributed by atoms with Gasteiger partial charge < -0.3 is 10.5 Å². The number of hydrogen-bond acceptors (Lipinski definition) is 2. The van der Waals surface area contributed by atoms with Gasteiger partial charge in [-0.3, -0.25) is 0 Å². The zero-order valence-electron chi connectivity index (χ0n) is 5.81. The molecule has 8 heavy (non-hydrogen) atoms. The highest BCUT2D eigenvalue weighted by Crippen LogP contribution is 2.14. The summed E-state index contributed by atoms with van der Waals surface area (Å²) in [5.74, 6) is 0. The molecule has 0 aromatic carbocycles. The van der Waals surface area contributed by atoms with Crippen molar-refractivity contribution in [3.8, 4) is 0 Å². The maximum Gasteiger partial charge on any atom is 0.186 e. The summed E-state index contributed by atoms with van der Waals surface area (Å²) in [5, 5.41) is 0. The monoisotopic (exact) mass is 133 g/mol. The van der Waals surface area contributed by atoms with E-state index in [0.29, 0.717) is 12.1 Å². The van der Waals surface area contributed by atoms with Crippen molar-refractivity contribution in [2.24, 2.45) is 5.73 Å². The molecule has 0 aliphatic rings. The lowest BCUT2D eigenvalue weighted by Crippen LogP contribution is -2.34. The van der Waals surface area contributed by atoms with Gasteiger partial charge >= 0.3 is 0 Å². The Morgan fingerprint density at radius 1 is 1.62 bits per heavy atom. The molecule has 0 bridgehead atoms. The molecule has 0 heterocycles. The second-order valence-corrected chi connectivity index (χ2v) is 7.08. The Hall–Kier alpha value is 0.137. The van der Waals surface area contributed by atoms with Crippen LogP contribution in [0.5, 0.6) is 0 Å². The summed E-state index contributed by atoms with van der Waals surface area (Å²) >= 11 is 0. The SMILES string of the molecule is CC(CN)[Si](C)(C)O. The van der Waals surface area contributed by atoms with Crippen molar-refractivity contribution >= 4 is 8.32 Å². The van der Waals surface area contributed by atoms with Crippen LogP contribution in [0.2, 0.25) is 18.6 Å². The summed E-state index contributed by atoms with van der Waals surface area (Å²) in [6.07, 6.45) is 0. The van der Waals surface area contributed by atoms with Crippen molar-refractivity contribution in [1.82, 2.24) is 0 Å². The Bertz CT molecular complexity index is 69.3. The molecule has 0 aromatic rings. The largest absolute Gasteiger partial charge is 0.432 e. The van der Waals surface area contributed by atoms with Crippen molar-refractivity contribution in [3.63, 3.8) is 0 Å². The van der Waals surface area contributed by atoms with Gasteiger partial charge in [0, 0.05) is 0 Å². The molecule has 1 atom stereocenters. The van der Waals surface area contributed by atoms with E-state index in [4.69, 9.17) is 5.73 Å². The molecule has 0 spiro atoms. The first-order chi connectivity index (χ1) is 3.48. The van der Waals surface area contributed by atoms with Gasteiger partial charge in [0.15, 0.2) is 8.32 Å².